The molecule has 1 N–H and O–H groups in total. The zero-order valence-electron chi connectivity index (χ0n) is 18.5. The number of amides is 1. The van der Waals surface area contributed by atoms with Crippen LogP contribution in [-0.2, 0) is 9.53 Å². The third-order valence-electron chi connectivity index (χ3n) is 8.57. The van der Waals surface area contributed by atoms with E-state index < -0.39 is 5.60 Å². The van der Waals surface area contributed by atoms with Crippen molar-refractivity contribution in [3.63, 3.8) is 0 Å². The number of morpholine rings is 1. The van der Waals surface area contributed by atoms with E-state index in [1.165, 1.54) is 44.9 Å². The van der Waals surface area contributed by atoms with E-state index in [9.17, 15) is 9.90 Å². The number of hydrogen-bond acceptors (Lipinski definition) is 4. The average molecular weight is 407 g/mol. The number of aliphatic hydroxyl groups is 1. The van der Waals surface area contributed by atoms with Crippen molar-refractivity contribution in [2.45, 2.75) is 83.2 Å². The zero-order chi connectivity index (χ0) is 20.3. The van der Waals surface area contributed by atoms with Crippen molar-refractivity contribution < 1.29 is 14.6 Å². The van der Waals surface area contributed by atoms with Crippen molar-refractivity contribution in [2.24, 2.45) is 17.3 Å². The van der Waals surface area contributed by atoms with Crippen LogP contribution in [-0.4, -0.2) is 72.4 Å². The minimum Gasteiger partial charge on any atom is -0.388 e. The van der Waals surface area contributed by atoms with Crippen LogP contribution in [0.15, 0.2) is 0 Å². The molecule has 2 saturated heterocycles. The van der Waals surface area contributed by atoms with E-state index in [-0.39, 0.29) is 11.3 Å². The van der Waals surface area contributed by atoms with Gasteiger partial charge in [-0.05, 0) is 31.6 Å². The Morgan fingerprint density at radius 2 is 1.72 bits per heavy atom. The first-order chi connectivity index (χ1) is 14.0. The second kappa shape index (κ2) is 9.23. The maximum Gasteiger partial charge on any atom is 0.225 e. The highest BCUT2D eigenvalue weighted by atomic mass is 16.5. The van der Waals surface area contributed by atoms with Crippen LogP contribution in [0, 0.1) is 17.3 Å². The lowest BCUT2D eigenvalue weighted by molar-refractivity contribution is -0.167. The molecule has 5 nitrogen and oxygen atoms in total. The van der Waals surface area contributed by atoms with Crippen LogP contribution in [0.2, 0.25) is 0 Å². The molecule has 0 aromatic heterocycles. The normalized spacial score (nSPS) is 32.6. The van der Waals surface area contributed by atoms with Crippen LogP contribution in [0.4, 0.5) is 0 Å². The summed E-state index contributed by atoms with van der Waals surface area (Å²) in [6, 6.07) is 0. The number of rotatable bonds is 5. The first-order valence-corrected chi connectivity index (χ1v) is 12.3. The summed E-state index contributed by atoms with van der Waals surface area (Å²) in [5, 5.41) is 11.9. The molecule has 0 aromatic rings. The Labute approximate surface area is 177 Å². The van der Waals surface area contributed by atoms with Crippen LogP contribution < -0.4 is 0 Å². The van der Waals surface area contributed by atoms with Gasteiger partial charge in [0, 0.05) is 44.1 Å². The topological polar surface area (TPSA) is 53.0 Å². The van der Waals surface area contributed by atoms with Crippen LogP contribution in [0.5, 0.6) is 0 Å². The smallest absolute Gasteiger partial charge is 0.225 e. The lowest BCUT2D eigenvalue weighted by Gasteiger charge is -2.54. The van der Waals surface area contributed by atoms with Crippen molar-refractivity contribution in [3.05, 3.63) is 0 Å². The molecule has 166 valence electrons. The third kappa shape index (κ3) is 4.67. The fraction of sp³-hybridized carbons (Fsp3) is 0.958. The lowest BCUT2D eigenvalue weighted by atomic mass is 9.65. The zero-order valence-corrected chi connectivity index (χ0v) is 18.5. The molecule has 2 atom stereocenters. The van der Waals surface area contributed by atoms with E-state index in [4.69, 9.17) is 4.74 Å². The predicted molar refractivity (Wildman–Crippen MR) is 115 cm³/mol. The summed E-state index contributed by atoms with van der Waals surface area (Å²) in [4.78, 5) is 17.8. The van der Waals surface area contributed by atoms with Gasteiger partial charge in [0.05, 0.1) is 18.8 Å². The quantitative estimate of drug-likeness (QED) is 0.760. The summed E-state index contributed by atoms with van der Waals surface area (Å²) >= 11 is 0. The molecule has 2 saturated carbocycles. The molecular formula is C24H42N2O3. The molecule has 2 aliphatic heterocycles. The molecular weight excluding hydrogens is 364 g/mol. The van der Waals surface area contributed by atoms with Crippen molar-refractivity contribution >= 4 is 5.91 Å². The van der Waals surface area contributed by atoms with E-state index in [0.717, 1.165) is 77.5 Å². The summed E-state index contributed by atoms with van der Waals surface area (Å²) in [5.41, 5.74) is -0.770. The van der Waals surface area contributed by atoms with Gasteiger partial charge in [-0.3, -0.25) is 9.69 Å². The van der Waals surface area contributed by atoms with Gasteiger partial charge in [-0.25, -0.2) is 0 Å². The SMILES string of the molecule is C[C@H](CC1CCCCC1)C(=O)N1CCC(O)(CN2CCOCC2)C2(CCCC2)C1. The van der Waals surface area contributed by atoms with Crippen LogP contribution in [0.3, 0.4) is 0 Å². The highest BCUT2D eigenvalue weighted by Gasteiger charge is 2.56. The van der Waals surface area contributed by atoms with Gasteiger partial charge in [0.15, 0.2) is 0 Å². The van der Waals surface area contributed by atoms with Gasteiger partial charge in [-0.1, -0.05) is 51.9 Å². The minimum atomic E-state index is -0.662. The van der Waals surface area contributed by atoms with E-state index in [0.29, 0.717) is 5.91 Å². The average Bonchev–Trinajstić information content (AvgIpc) is 3.21. The monoisotopic (exact) mass is 406 g/mol. The molecule has 1 amide bonds. The molecule has 4 fully saturated rings. The molecule has 0 bridgehead atoms. The van der Waals surface area contributed by atoms with E-state index in [1.807, 2.05) is 0 Å². The Kier molecular flexibility index (Phi) is 6.87. The fourth-order valence-corrected chi connectivity index (χ4v) is 6.75. The van der Waals surface area contributed by atoms with Gasteiger partial charge < -0.3 is 14.7 Å². The number of carbonyl (C=O) groups is 1. The standard InChI is InChI=1S/C24H42N2O3/c1-20(17-21-7-3-2-4-8-21)22(27)26-12-11-24(28,19-25-13-15-29-16-14-25)23(18-26)9-5-6-10-23/h20-21,28H,2-19H2,1H3/t20-,24?/m1/s1. The Morgan fingerprint density at radius 1 is 1.03 bits per heavy atom. The van der Waals surface area contributed by atoms with Crippen LogP contribution in [0.25, 0.3) is 0 Å². The Balaban J connectivity index is 1.40. The number of ether oxygens (including phenoxy) is 1. The molecule has 29 heavy (non-hydrogen) atoms. The summed E-state index contributed by atoms with van der Waals surface area (Å²) in [7, 11) is 0. The maximum atomic E-state index is 13.3. The second-order valence-electron chi connectivity index (χ2n) is 10.6. The maximum absolute atomic E-state index is 13.3. The number of nitrogens with zero attached hydrogens (tertiary/aromatic N) is 2. The van der Waals surface area contributed by atoms with Crippen LogP contribution in [0.1, 0.15) is 77.6 Å². The number of piperidine rings is 1. The number of likely N-dealkylation sites (tertiary alicyclic amines) is 1. The van der Waals surface area contributed by atoms with Crippen molar-refractivity contribution in [1.82, 2.24) is 9.80 Å². The highest BCUT2D eigenvalue weighted by Crippen LogP contribution is 2.51. The van der Waals surface area contributed by atoms with Gasteiger partial charge in [-0.15, -0.1) is 0 Å². The number of β-amino-alcohol motifs (C(OH)–C–C–N with tert-alkyl or cyclic N) is 1. The lowest BCUT2D eigenvalue weighted by Crippen LogP contribution is -2.64. The molecule has 2 aliphatic carbocycles. The van der Waals surface area contributed by atoms with Crippen LogP contribution >= 0.6 is 0 Å². The van der Waals surface area contributed by atoms with Gasteiger partial charge in [0.25, 0.3) is 0 Å². The van der Waals surface area contributed by atoms with Gasteiger partial charge in [0.1, 0.15) is 0 Å². The second-order valence-corrected chi connectivity index (χ2v) is 10.6. The molecule has 2 heterocycles. The Hall–Kier alpha value is -0.650. The molecule has 1 unspecified atom stereocenters. The third-order valence-corrected chi connectivity index (χ3v) is 8.57. The first-order valence-electron chi connectivity index (χ1n) is 12.3. The number of hydrogen-bond donors (Lipinski definition) is 1. The van der Waals surface area contributed by atoms with Gasteiger partial charge in [0.2, 0.25) is 5.91 Å². The summed E-state index contributed by atoms with van der Waals surface area (Å²) < 4.78 is 5.50. The molecule has 5 heteroatoms. The molecule has 0 radical (unpaired) electrons. The summed E-state index contributed by atoms with van der Waals surface area (Å²) in [5.74, 6) is 1.21. The minimum absolute atomic E-state index is 0.107. The number of carbonyl (C=O) groups excluding carboxylic acids is 1. The summed E-state index contributed by atoms with van der Waals surface area (Å²) in [6.07, 6.45) is 12.9. The summed E-state index contributed by atoms with van der Waals surface area (Å²) in [6.45, 7) is 7.75. The van der Waals surface area contributed by atoms with Gasteiger partial charge in [-0.2, -0.15) is 0 Å². The van der Waals surface area contributed by atoms with Crippen molar-refractivity contribution in [3.8, 4) is 0 Å². The fourth-order valence-electron chi connectivity index (χ4n) is 6.75. The van der Waals surface area contributed by atoms with E-state index >= 15 is 0 Å². The van der Waals surface area contributed by atoms with Crippen molar-refractivity contribution in [2.75, 3.05) is 45.9 Å². The van der Waals surface area contributed by atoms with E-state index in [1.54, 1.807) is 0 Å². The Bertz CT molecular complexity index is 550. The highest BCUT2D eigenvalue weighted by molar-refractivity contribution is 5.78. The molecule has 4 rings (SSSR count). The van der Waals surface area contributed by atoms with E-state index in [2.05, 4.69) is 16.7 Å². The Morgan fingerprint density at radius 3 is 2.41 bits per heavy atom. The largest absolute Gasteiger partial charge is 0.388 e. The molecule has 4 aliphatic rings. The first kappa shape index (κ1) is 21.6. The molecule has 0 aromatic carbocycles. The molecule has 1 spiro atoms. The van der Waals surface area contributed by atoms with Crippen molar-refractivity contribution in [1.29, 1.82) is 0 Å². The van der Waals surface area contributed by atoms with Gasteiger partial charge >= 0.3 is 0 Å². The predicted octanol–water partition coefficient (Wildman–Crippen LogP) is 3.45.